The number of hydrogen-bond acceptors (Lipinski definition) is 2. The summed E-state index contributed by atoms with van der Waals surface area (Å²) in [7, 11) is 0. The van der Waals surface area contributed by atoms with Crippen molar-refractivity contribution in [3.8, 4) is 0 Å². The third kappa shape index (κ3) is 1.73. The molecule has 0 fully saturated rings. The maximum atomic E-state index is 8.36. The van der Waals surface area contributed by atoms with Gasteiger partial charge >= 0.3 is 0 Å². The fourth-order valence-corrected chi connectivity index (χ4v) is 1.65. The lowest BCUT2D eigenvalue weighted by molar-refractivity contribution is 0.408. The fraction of sp³-hybridized carbons (Fsp3) is 0.364. The molecule has 0 radical (unpaired) electrons. The van der Waals surface area contributed by atoms with Gasteiger partial charge < -0.3 is 4.57 Å². The zero-order valence-electron chi connectivity index (χ0n) is 9.55. The Labute approximate surface area is 93.3 Å². The number of fused-ring (bicyclic) bond motifs is 1. The van der Waals surface area contributed by atoms with Gasteiger partial charge in [0.25, 0.3) is 0 Å². The van der Waals surface area contributed by atoms with E-state index in [0.717, 1.165) is 11.0 Å². The van der Waals surface area contributed by atoms with Crippen molar-refractivity contribution in [1.82, 2.24) is 9.55 Å². The Hall–Kier alpha value is -2.00. The Kier molecular flexibility index (Phi) is 2.33. The minimum Gasteiger partial charge on any atom is -0.325 e. The highest BCUT2D eigenvalue weighted by atomic mass is 15.1. The number of aromatic nitrogens is 2. The maximum Gasteiger partial charge on any atom is 0.0963 e. The second-order valence-corrected chi connectivity index (χ2v) is 4.65. The normalized spacial score (nSPS) is 11.4. The Balaban J connectivity index is 2.63. The first-order chi connectivity index (χ1) is 7.52. The van der Waals surface area contributed by atoms with Gasteiger partial charge in [0.2, 0.25) is 0 Å². The molecule has 5 heteroatoms. The van der Waals surface area contributed by atoms with Crippen LogP contribution in [0.5, 0.6) is 0 Å². The van der Waals surface area contributed by atoms with E-state index in [2.05, 4.69) is 40.3 Å². The first-order valence-electron chi connectivity index (χ1n) is 5.05. The Morgan fingerprint density at radius 1 is 1.38 bits per heavy atom. The predicted molar refractivity (Wildman–Crippen MR) is 63.5 cm³/mol. The molecular weight excluding hydrogens is 202 g/mol. The van der Waals surface area contributed by atoms with Crippen molar-refractivity contribution in [2.75, 3.05) is 0 Å². The van der Waals surface area contributed by atoms with Gasteiger partial charge in [-0.15, -0.1) is 0 Å². The second kappa shape index (κ2) is 3.54. The van der Waals surface area contributed by atoms with E-state index in [0.29, 0.717) is 5.69 Å². The number of hydrogen-bond donors (Lipinski definition) is 0. The molecule has 2 rings (SSSR count). The molecular formula is C11H13N5. The summed E-state index contributed by atoms with van der Waals surface area (Å²) in [4.78, 5) is 7.07. The van der Waals surface area contributed by atoms with E-state index in [-0.39, 0.29) is 5.54 Å². The van der Waals surface area contributed by atoms with Gasteiger partial charge in [-0.05, 0) is 38.4 Å². The highest BCUT2D eigenvalue weighted by Crippen LogP contribution is 2.25. The van der Waals surface area contributed by atoms with Gasteiger partial charge in [-0.1, -0.05) is 11.2 Å². The molecule has 0 aliphatic carbocycles. The summed E-state index contributed by atoms with van der Waals surface area (Å²) in [5, 5.41) is 3.56. The molecule has 0 N–H and O–H groups in total. The molecule has 1 aromatic carbocycles. The monoisotopic (exact) mass is 215 g/mol. The molecule has 0 saturated carbocycles. The van der Waals surface area contributed by atoms with Crippen LogP contribution in [0.25, 0.3) is 21.5 Å². The van der Waals surface area contributed by atoms with Crippen LogP contribution in [0, 0.1) is 0 Å². The Morgan fingerprint density at radius 3 is 2.75 bits per heavy atom. The summed E-state index contributed by atoms with van der Waals surface area (Å²) in [6, 6.07) is 5.51. The molecule has 0 amide bonds. The largest absolute Gasteiger partial charge is 0.325 e. The summed E-state index contributed by atoms with van der Waals surface area (Å²) < 4.78 is 2.10. The van der Waals surface area contributed by atoms with E-state index in [1.54, 1.807) is 12.1 Å². The average Bonchev–Trinajstić information content (AvgIpc) is 2.60. The smallest absolute Gasteiger partial charge is 0.0963 e. The van der Waals surface area contributed by atoms with Crippen LogP contribution in [-0.2, 0) is 5.54 Å². The number of benzene rings is 1. The van der Waals surface area contributed by atoms with Crippen LogP contribution in [0.3, 0.4) is 0 Å². The Bertz CT molecular complexity index is 570. The lowest BCUT2D eigenvalue weighted by Gasteiger charge is -2.21. The van der Waals surface area contributed by atoms with Crippen molar-refractivity contribution in [3.05, 3.63) is 35.0 Å². The predicted octanol–water partition coefficient (Wildman–Crippen LogP) is 3.73. The van der Waals surface area contributed by atoms with Gasteiger partial charge in [-0.25, -0.2) is 4.98 Å². The van der Waals surface area contributed by atoms with Crippen molar-refractivity contribution in [2.24, 2.45) is 5.11 Å². The van der Waals surface area contributed by atoms with Crippen LogP contribution in [0.1, 0.15) is 20.8 Å². The minimum atomic E-state index is -0.00520. The van der Waals surface area contributed by atoms with Crippen LogP contribution in [-0.4, -0.2) is 9.55 Å². The van der Waals surface area contributed by atoms with E-state index < -0.39 is 0 Å². The van der Waals surface area contributed by atoms with Gasteiger partial charge in [-0.3, -0.25) is 0 Å². The first-order valence-corrected chi connectivity index (χ1v) is 5.05. The molecule has 1 heterocycles. The highest BCUT2D eigenvalue weighted by Gasteiger charge is 2.15. The molecule has 0 aliphatic heterocycles. The van der Waals surface area contributed by atoms with Crippen molar-refractivity contribution in [3.63, 3.8) is 0 Å². The van der Waals surface area contributed by atoms with E-state index in [1.165, 1.54) is 0 Å². The van der Waals surface area contributed by atoms with Crippen molar-refractivity contribution >= 4 is 16.7 Å². The van der Waals surface area contributed by atoms with Gasteiger partial charge in [0.1, 0.15) is 0 Å². The number of imidazole rings is 1. The second-order valence-electron chi connectivity index (χ2n) is 4.65. The summed E-state index contributed by atoms with van der Waals surface area (Å²) >= 11 is 0. The lowest BCUT2D eigenvalue weighted by atomic mass is 10.1. The maximum absolute atomic E-state index is 8.36. The Morgan fingerprint density at radius 2 is 2.12 bits per heavy atom. The van der Waals surface area contributed by atoms with Crippen LogP contribution in [0.2, 0.25) is 0 Å². The summed E-state index contributed by atoms with van der Waals surface area (Å²) in [6.45, 7) is 6.36. The first kappa shape index (κ1) is 10.5. The van der Waals surface area contributed by atoms with Crippen LogP contribution >= 0.6 is 0 Å². The molecule has 16 heavy (non-hydrogen) atoms. The van der Waals surface area contributed by atoms with E-state index >= 15 is 0 Å². The van der Waals surface area contributed by atoms with Gasteiger partial charge in [-0.2, -0.15) is 0 Å². The van der Waals surface area contributed by atoms with Crippen molar-refractivity contribution in [2.45, 2.75) is 26.3 Å². The minimum absolute atomic E-state index is 0.00520. The van der Waals surface area contributed by atoms with Gasteiger partial charge in [0.15, 0.2) is 0 Å². The summed E-state index contributed by atoms with van der Waals surface area (Å²) in [5.74, 6) is 0. The molecule has 0 unspecified atom stereocenters. The van der Waals surface area contributed by atoms with Crippen LogP contribution in [0.4, 0.5) is 5.69 Å². The molecule has 0 spiro atoms. The third-order valence-corrected chi connectivity index (χ3v) is 2.41. The lowest BCUT2D eigenvalue weighted by Crippen LogP contribution is -2.20. The molecule has 0 bridgehead atoms. The summed E-state index contributed by atoms with van der Waals surface area (Å²) in [5.41, 5.74) is 10.8. The molecule has 82 valence electrons. The van der Waals surface area contributed by atoms with Gasteiger partial charge in [0, 0.05) is 16.1 Å². The molecule has 5 nitrogen and oxygen atoms in total. The highest BCUT2D eigenvalue weighted by molar-refractivity contribution is 5.79. The van der Waals surface area contributed by atoms with Crippen LogP contribution < -0.4 is 0 Å². The zero-order chi connectivity index (χ0) is 11.8. The zero-order valence-corrected chi connectivity index (χ0v) is 9.55. The van der Waals surface area contributed by atoms with E-state index in [1.807, 2.05) is 12.4 Å². The third-order valence-electron chi connectivity index (χ3n) is 2.41. The van der Waals surface area contributed by atoms with E-state index in [4.69, 9.17) is 5.53 Å². The number of nitrogens with zero attached hydrogens (tertiary/aromatic N) is 5. The molecule has 0 saturated heterocycles. The van der Waals surface area contributed by atoms with Crippen molar-refractivity contribution < 1.29 is 0 Å². The topological polar surface area (TPSA) is 66.6 Å². The SMILES string of the molecule is CC(C)(C)n1cnc2cc(N=[N+]=[N-])ccc21. The van der Waals surface area contributed by atoms with Crippen molar-refractivity contribution in [1.29, 1.82) is 0 Å². The standard InChI is InChI=1S/C11H13N5/c1-11(2,3)16-7-13-9-6-8(14-15-12)4-5-10(9)16/h4-7H,1-3H3. The molecule has 2 aromatic rings. The average molecular weight is 215 g/mol. The number of azide groups is 1. The quantitative estimate of drug-likeness (QED) is 0.406. The molecule has 0 aliphatic rings. The molecule has 0 atom stereocenters. The van der Waals surface area contributed by atoms with E-state index in [9.17, 15) is 0 Å². The van der Waals surface area contributed by atoms with Crippen LogP contribution in [0.15, 0.2) is 29.6 Å². The number of rotatable bonds is 1. The summed E-state index contributed by atoms with van der Waals surface area (Å²) in [6.07, 6.45) is 1.81. The van der Waals surface area contributed by atoms with Gasteiger partial charge in [0.05, 0.1) is 17.4 Å². The molecule has 1 aromatic heterocycles. The fourth-order valence-electron chi connectivity index (χ4n) is 1.65.